The van der Waals surface area contributed by atoms with E-state index in [4.69, 9.17) is 10.9 Å². The van der Waals surface area contributed by atoms with E-state index >= 15 is 0 Å². The van der Waals surface area contributed by atoms with Crippen molar-refractivity contribution in [1.29, 1.82) is 0 Å². The Morgan fingerprint density at radius 2 is 2.00 bits per heavy atom. The van der Waals surface area contributed by atoms with E-state index in [1.54, 1.807) is 0 Å². The smallest absolute Gasteiger partial charge is 0.409 e. The number of ether oxygens (including phenoxy) is 1. The van der Waals surface area contributed by atoms with Gasteiger partial charge in [-0.05, 0) is 12.1 Å². The summed E-state index contributed by atoms with van der Waals surface area (Å²) in [6, 6.07) is 5.17. The Morgan fingerprint density at radius 1 is 1.36 bits per heavy atom. The Morgan fingerprint density at radius 3 is 2.50 bits per heavy atom. The Balaban J connectivity index is 3.08. The van der Waals surface area contributed by atoms with Gasteiger partial charge in [-0.3, -0.25) is 0 Å². The van der Waals surface area contributed by atoms with Gasteiger partial charge in [0.25, 0.3) is 0 Å². The van der Waals surface area contributed by atoms with Crippen molar-refractivity contribution in [2.75, 3.05) is 0 Å². The molecule has 0 aliphatic carbocycles. The molecule has 0 bridgehead atoms. The monoisotopic (exact) mass is 216 g/mol. The number of primary sulfonamides is 1. The van der Waals surface area contributed by atoms with Gasteiger partial charge in [-0.15, -0.1) is 0 Å². The molecular weight excluding hydrogens is 208 g/mol. The molecule has 7 heteroatoms. The second kappa shape index (κ2) is 3.64. The van der Waals surface area contributed by atoms with E-state index in [9.17, 15) is 13.2 Å². The number of amides is 1. The maximum absolute atomic E-state index is 10.9. The van der Waals surface area contributed by atoms with E-state index < -0.39 is 16.1 Å². The van der Waals surface area contributed by atoms with Crippen LogP contribution < -0.4 is 15.6 Å². The zero-order chi connectivity index (χ0) is 10.8. The van der Waals surface area contributed by atoms with E-state index in [1.807, 2.05) is 0 Å². The van der Waals surface area contributed by atoms with Gasteiger partial charge in [0.05, 0.1) is 4.90 Å². The molecule has 0 atom stereocenters. The third-order valence-corrected chi connectivity index (χ3v) is 2.26. The number of nitrogens with two attached hydrogens (primary N) is 2. The molecule has 0 aliphatic rings. The van der Waals surface area contributed by atoms with Gasteiger partial charge < -0.3 is 10.5 Å². The van der Waals surface area contributed by atoms with Crippen LogP contribution >= 0.6 is 0 Å². The lowest BCUT2D eigenvalue weighted by atomic mass is 10.3. The Hall–Kier alpha value is -1.60. The third-order valence-electron chi connectivity index (χ3n) is 1.35. The zero-order valence-electron chi connectivity index (χ0n) is 7.01. The molecule has 0 fully saturated rings. The van der Waals surface area contributed by atoms with Gasteiger partial charge in [0.2, 0.25) is 10.0 Å². The van der Waals surface area contributed by atoms with Crippen LogP contribution in [0.5, 0.6) is 5.75 Å². The van der Waals surface area contributed by atoms with Gasteiger partial charge >= 0.3 is 6.09 Å². The Kier molecular flexibility index (Phi) is 2.73. The van der Waals surface area contributed by atoms with E-state index in [0.717, 1.165) is 6.07 Å². The van der Waals surface area contributed by atoms with Crippen LogP contribution in [0.15, 0.2) is 29.2 Å². The van der Waals surface area contributed by atoms with Gasteiger partial charge in [-0.25, -0.2) is 18.4 Å². The van der Waals surface area contributed by atoms with Crippen LogP contribution in [0.4, 0.5) is 4.79 Å². The summed E-state index contributed by atoms with van der Waals surface area (Å²) in [5.74, 6) is 0.0315. The fourth-order valence-electron chi connectivity index (χ4n) is 0.831. The molecular formula is C7H8N2O4S. The first-order valence-corrected chi connectivity index (χ1v) is 5.04. The summed E-state index contributed by atoms with van der Waals surface area (Å²) in [6.45, 7) is 0. The molecule has 0 saturated carbocycles. The average Bonchev–Trinajstić information content (AvgIpc) is 2.01. The number of rotatable bonds is 2. The highest BCUT2D eigenvalue weighted by molar-refractivity contribution is 7.89. The number of primary amides is 1. The number of carbonyl (C=O) groups excluding carboxylic acids is 1. The topological polar surface area (TPSA) is 112 Å². The van der Waals surface area contributed by atoms with E-state index in [-0.39, 0.29) is 10.6 Å². The number of hydrogen-bond acceptors (Lipinski definition) is 4. The lowest BCUT2D eigenvalue weighted by Gasteiger charge is -2.02. The van der Waals surface area contributed by atoms with Crippen LogP contribution in [0.1, 0.15) is 0 Å². The highest BCUT2D eigenvalue weighted by Gasteiger charge is 2.09. The van der Waals surface area contributed by atoms with Crippen molar-refractivity contribution < 1.29 is 17.9 Å². The molecule has 6 nitrogen and oxygen atoms in total. The minimum Gasteiger partial charge on any atom is -0.410 e. The molecule has 0 radical (unpaired) electrons. The Labute approximate surface area is 80.5 Å². The molecule has 0 heterocycles. The maximum Gasteiger partial charge on any atom is 0.409 e. The summed E-state index contributed by atoms with van der Waals surface area (Å²) in [5.41, 5.74) is 4.74. The number of hydrogen-bond donors (Lipinski definition) is 2. The van der Waals surface area contributed by atoms with E-state index in [0.29, 0.717) is 0 Å². The zero-order valence-corrected chi connectivity index (χ0v) is 7.82. The third kappa shape index (κ3) is 2.71. The van der Waals surface area contributed by atoms with Crippen molar-refractivity contribution in [1.82, 2.24) is 0 Å². The van der Waals surface area contributed by atoms with Gasteiger partial charge in [0.15, 0.2) is 0 Å². The molecule has 1 aromatic carbocycles. The normalized spacial score (nSPS) is 10.9. The second-order valence-corrected chi connectivity index (χ2v) is 4.00. The minimum absolute atomic E-state index is 0.0315. The summed E-state index contributed by atoms with van der Waals surface area (Å²) >= 11 is 0. The molecule has 1 amide bonds. The summed E-state index contributed by atoms with van der Waals surface area (Å²) in [5, 5.41) is 4.86. The highest BCUT2D eigenvalue weighted by atomic mass is 32.2. The first-order chi connectivity index (χ1) is 6.39. The molecule has 0 unspecified atom stereocenters. The molecule has 0 aliphatic heterocycles. The SMILES string of the molecule is NC(=O)Oc1cccc(S(N)(=O)=O)c1. The number of sulfonamides is 1. The number of benzene rings is 1. The summed E-state index contributed by atoms with van der Waals surface area (Å²) in [7, 11) is -3.79. The molecule has 1 rings (SSSR count). The molecule has 0 aromatic heterocycles. The van der Waals surface area contributed by atoms with E-state index in [2.05, 4.69) is 4.74 Å². The molecule has 0 saturated heterocycles. The fourth-order valence-corrected chi connectivity index (χ4v) is 1.38. The van der Waals surface area contributed by atoms with Crippen molar-refractivity contribution in [3.8, 4) is 5.75 Å². The summed E-state index contributed by atoms with van der Waals surface area (Å²) in [6.07, 6.45) is -1.02. The lowest BCUT2D eigenvalue weighted by molar-refractivity contribution is 0.210. The quantitative estimate of drug-likeness (QED) is 0.712. The van der Waals surface area contributed by atoms with Crippen LogP contribution in [-0.4, -0.2) is 14.5 Å². The van der Waals surface area contributed by atoms with Crippen LogP contribution in [0.3, 0.4) is 0 Å². The minimum atomic E-state index is -3.79. The van der Waals surface area contributed by atoms with E-state index in [1.165, 1.54) is 18.2 Å². The van der Waals surface area contributed by atoms with Crippen LogP contribution in [0.25, 0.3) is 0 Å². The van der Waals surface area contributed by atoms with Gasteiger partial charge in [-0.2, -0.15) is 0 Å². The predicted molar refractivity (Wildman–Crippen MR) is 48.0 cm³/mol. The molecule has 4 N–H and O–H groups in total. The molecule has 1 aromatic rings. The van der Waals surface area contributed by atoms with Gasteiger partial charge in [0, 0.05) is 6.07 Å². The lowest BCUT2D eigenvalue weighted by Crippen LogP contribution is -2.17. The van der Waals surface area contributed by atoms with Crippen molar-refractivity contribution in [3.05, 3.63) is 24.3 Å². The second-order valence-electron chi connectivity index (χ2n) is 2.44. The van der Waals surface area contributed by atoms with Crippen LogP contribution in [-0.2, 0) is 10.0 Å². The fraction of sp³-hybridized carbons (Fsp3) is 0. The standard InChI is InChI=1S/C7H8N2O4S/c8-7(10)13-5-2-1-3-6(4-5)14(9,11)12/h1-4H,(H2,8,10)(H2,9,11,12). The van der Waals surface area contributed by atoms with Crippen molar-refractivity contribution in [3.63, 3.8) is 0 Å². The van der Waals surface area contributed by atoms with Crippen molar-refractivity contribution >= 4 is 16.1 Å². The van der Waals surface area contributed by atoms with Crippen LogP contribution in [0.2, 0.25) is 0 Å². The largest absolute Gasteiger partial charge is 0.410 e. The molecule has 0 spiro atoms. The number of carbonyl (C=O) groups is 1. The highest BCUT2D eigenvalue weighted by Crippen LogP contribution is 2.15. The summed E-state index contributed by atoms with van der Waals surface area (Å²) in [4.78, 5) is 10.2. The summed E-state index contributed by atoms with van der Waals surface area (Å²) < 4.78 is 26.2. The van der Waals surface area contributed by atoms with Crippen molar-refractivity contribution in [2.45, 2.75) is 4.90 Å². The predicted octanol–water partition coefficient (Wildman–Crippen LogP) is -0.208. The van der Waals surface area contributed by atoms with Crippen molar-refractivity contribution in [2.24, 2.45) is 10.9 Å². The van der Waals surface area contributed by atoms with Gasteiger partial charge in [-0.1, -0.05) is 6.07 Å². The molecule has 76 valence electrons. The Bertz CT molecular complexity index is 455. The maximum atomic E-state index is 10.9. The average molecular weight is 216 g/mol. The van der Waals surface area contributed by atoms with Crippen LogP contribution in [0, 0.1) is 0 Å². The van der Waals surface area contributed by atoms with Gasteiger partial charge in [0.1, 0.15) is 5.75 Å². The first kappa shape index (κ1) is 10.5. The first-order valence-electron chi connectivity index (χ1n) is 3.50. The molecule has 14 heavy (non-hydrogen) atoms.